The highest BCUT2D eigenvalue weighted by atomic mass is 19.1. The Hall–Kier alpha value is -2.11. The largest absolute Gasteiger partial charge is 0.481 e. The fraction of sp³-hybridized carbons (Fsp3) is 0.429. The Balaban J connectivity index is 2.08. The molecule has 0 unspecified atom stereocenters. The number of nitrogens with one attached hydrogen (secondary N) is 1. The van der Waals surface area contributed by atoms with E-state index in [1.54, 1.807) is 0 Å². The van der Waals surface area contributed by atoms with Crippen LogP contribution in [0.4, 0.5) is 10.1 Å². The van der Waals surface area contributed by atoms with Gasteiger partial charge in [0.15, 0.2) is 0 Å². The fourth-order valence-corrected chi connectivity index (χ4v) is 2.60. The van der Waals surface area contributed by atoms with Gasteiger partial charge in [-0.05, 0) is 25.0 Å². The molecule has 0 spiro atoms. The summed E-state index contributed by atoms with van der Waals surface area (Å²) in [5.41, 5.74) is 4.41. The number of halogens is 1. The van der Waals surface area contributed by atoms with Crippen LogP contribution in [-0.4, -0.2) is 23.5 Å². The lowest BCUT2D eigenvalue weighted by atomic mass is 9.86. The first kappa shape index (κ1) is 14.3. The maximum atomic E-state index is 13.3. The summed E-state index contributed by atoms with van der Waals surface area (Å²) in [6.07, 6.45) is 2.76. The summed E-state index contributed by atoms with van der Waals surface area (Å²) < 4.78 is 13.3. The molecule has 108 valence electrons. The Kier molecular flexibility index (Phi) is 3.92. The number of amides is 1. The van der Waals surface area contributed by atoms with Gasteiger partial charge in [0, 0.05) is 6.54 Å². The second kappa shape index (κ2) is 5.48. The first-order valence-electron chi connectivity index (χ1n) is 6.52. The van der Waals surface area contributed by atoms with Crippen LogP contribution >= 0.6 is 0 Å². The van der Waals surface area contributed by atoms with Crippen LogP contribution in [0.1, 0.15) is 36.0 Å². The van der Waals surface area contributed by atoms with Gasteiger partial charge < -0.3 is 16.2 Å². The number of nitrogens with two attached hydrogens (primary N) is 1. The number of carbonyl (C=O) groups excluding carboxylic acids is 1. The third kappa shape index (κ3) is 2.59. The maximum Gasteiger partial charge on any atom is 0.311 e. The van der Waals surface area contributed by atoms with Crippen LogP contribution in [0.5, 0.6) is 0 Å². The van der Waals surface area contributed by atoms with Crippen molar-refractivity contribution in [2.45, 2.75) is 25.7 Å². The van der Waals surface area contributed by atoms with Crippen LogP contribution in [-0.2, 0) is 4.79 Å². The summed E-state index contributed by atoms with van der Waals surface area (Å²) >= 11 is 0. The van der Waals surface area contributed by atoms with E-state index in [1.807, 2.05) is 0 Å². The van der Waals surface area contributed by atoms with Gasteiger partial charge in [-0.1, -0.05) is 18.9 Å². The lowest BCUT2D eigenvalue weighted by Crippen LogP contribution is -2.41. The van der Waals surface area contributed by atoms with E-state index in [1.165, 1.54) is 18.2 Å². The Morgan fingerprint density at radius 3 is 2.60 bits per heavy atom. The van der Waals surface area contributed by atoms with Crippen molar-refractivity contribution in [3.8, 4) is 0 Å². The Morgan fingerprint density at radius 1 is 1.35 bits per heavy atom. The van der Waals surface area contributed by atoms with Gasteiger partial charge in [-0.15, -0.1) is 0 Å². The van der Waals surface area contributed by atoms with Crippen molar-refractivity contribution in [3.05, 3.63) is 29.6 Å². The number of rotatable bonds is 4. The van der Waals surface area contributed by atoms with Crippen LogP contribution in [0.25, 0.3) is 0 Å². The highest BCUT2D eigenvalue weighted by Gasteiger charge is 2.41. The van der Waals surface area contributed by atoms with Crippen molar-refractivity contribution in [2.75, 3.05) is 12.3 Å². The van der Waals surface area contributed by atoms with Gasteiger partial charge in [-0.2, -0.15) is 0 Å². The predicted molar refractivity (Wildman–Crippen MR) is 71.7 cm³/mol. The Bertz CT molecular complexity index is 539. The Labute approximate surface area is 116 Å². The van der Waals surface area contributed by atoms with Crippen LogP contribution in [0.2, 0.25) is 0 Å². The molecular weight excluding hydrogens is 263 g/mol. The number of hydrogen-bond donors (Lipinski definition) is 3. The molecule has 1 fully saturated rings. The summed E-state index contributed by atoms with van der Waals surface area (Å²) in [6, 6.07) is 3.97. The molecule has 4 N–H and O–H groups in total. The van der Waals surface area contributed by atoms with Gasteiger partial charge in [0.05, 0.1) is 16.7 Å². The molecule has 0 atom stereocenters. The monoisotopic (exact) mass is 280 g/mol. The van der Waals surface area contributed by atoms with Crippen molar-refractivity contribution >= 4 is 17.6 Å². The van der Waals surface area contributed by atoms with E-state index in [0.29, 0.717) is 12.8 Å². The van der Waals surface area contributed by atoms with E-state index in [9.17, 15) is 19.1 Å². The van der Waals surface area contributed by atoms with Crippen LogP contribution in [0, 0.1) is 11.2 Å². The SMILES string of the molecule is Nc1c(F)cccc1C(=O)NCC1(C(=O)O)CCCC1. The molecule has 0 heterocycles. The number of carbonyl (C=O) groups is 2. The number of anilines is 1. The lowest BCUT2D eigenvalue weighted by Gasteiger charge is -2.24. The molecule has 0 aliphatic heterocycles. The summed E-state index contributed by atoms with van der Waals surface area (Å²) in [5.74, 6) is -2.11. The topological polar surface area (TPSA) is 92.4 Å². The molecule has 1 aliphatic carbocycles. The third-order valence-corrected chi connectivity index (χ3v) is 3.90. The van der Waals surface area contributed by atoms with Crippen LogP contribution in [0.15, 0.2) is 18.2 Å². The number of para-hydroxylation sites is 1. The van der Waals surface area contributed by atoms with Gasteiger partial charge in [0.1, 0.15) is 5.82 Å². The molecule has 1 saturated carbocycles. The predicted octanol–water partition coefficient (Wildman–Crippen LogP) is 1.78. The van der Waals surface area contributed by atoms with E-state index in [4.69, 9.17) is 5.73 Å². The minimum atomic E-state index is -0.905. The van der Waals surface area contributed by atoms with Crippen LogP contribution < -0.4 is 11.1 Å². The van der Waals surface area contributed by atoms with Gasteiger partial charge in [0.25, 0.3) is 5.91 Å². The number of hydrogen-bond acceptors (Lipinski definition) is 3. The third-order valence-electron chi connectivity index (χ3n) is 3.90. The smallest absolute Gasteiger partial charge is 0.311 e. The van der Waals surface area contributed by atoms with Crippen molar-refractivity contribution in [1.29, 1.82) is 0 Å². The molecular formula is C14H17FN2O3. The van der Waals surface area contributed by atoms with Crippen LogP contribution in [0.3, 0.4) is 0 Å². The molecule has 1 aliphatic rings. The second-order valence-electron chi connectivity index (χ2n) is 5.18. The molecule has 1 aromatic carbocycles. The van der Waals surface area contributed by atoms with E-state index >= 15 is 0 Å². The number of benzene rings is 1. The lowest BCUT2D eigenvalue weighted by molar-refractivity contribution is -0.148. The minimum Gasteiger partial charge on any atom is -0.481 e. The zero-order valence-electron chi connectivity index (χ0n) is 11.0. The van der Waals surface area contributed by atoms with E-state index in [2.05, 4.69) is 5.32 Å². The standard InChI is InChI=1S/C14H17FN2O3/c15-10-5-3-4-9(11(10)16)12(18)17-8-14(13(19)20)6-1-2-7-14/h3-5H,1-2,6-8,16H2,(H,17,18)(H,19,20). The zero-order valence-corrected chi connectivity index (χ0v) is 11.0. The van der Waals surface area contributed by atoms with Crippen molar-refractivity contribution in [1.82, 2.24) is 5.32 Å². The molecule has 1 amide bonds. The molecule has 5 nitrogen and oxygen atoms in total. The highest BCUT2D eigenvalue weighted by molar-refractivity contribution is 5.99. The van der Waals surface area contributed by atoms with Crippen molar-refractivity contribution < 1.29 is 19.1 Å². The first-order chi connectivity index (χ1) is 9.46. The maximum absolute atomic E-state index is 13.3. The van der Waals surface area contributed by atoms with E-state index in [-0.39, 0.29) is 17.8 Å². The highest BCUT2D eigenvalue weighted by Crippen LogP contribution is 2.37. The Morgan fingerprint density at radius 2 is 2.00 bits per heavy atom. The minimum absolute atomic E-state index is 0.0311. The van der Waals surface area contributed by atoms with E-state index in [0.717, 1.165) is 12.8 Å². The normalized spacial score (nSPS) is 16.9. The van der Waals surface area contributed by atoms with Crippen molar-refractivity contribution in [3.63, 3.8) is 0 Å². The summed E-state index contributed by atoms with van der Waals surface area (Å²) in [4.78, 5) is 23.3. The number of aliphatic carboxylic acids is 1. The summed E-state index contributed by atoms with van der Waals surface area (Å²) in [5, 5.41) is 11.9. The molecule has 1 aromatic rings. The van der Waals surface area contributed by atoms with Crippen molar-refractivity contribution in [2.24, 2.45) is 5.41 Å². The summed E-state index contributed by atoms with van der Waals surface area (Å²) in [6.45, 7) is 0.0388. The van der Waals surface area contributed by atoms with Gasteiger partial charge in [-0.25, -0.2) is 4.39 Å². The average molecular weight is 280 g/mol. The average Bonchev–Trinajstić information content (AvgIpc) is 2.89. The summed E-state index contributed by atoms with van der Waals surface area (Å²) in [7, 11) is 0. The number of carboxylic acids is 1. The number of nitrogen functional groups attached to an aromatic ring is 1. The molecule has 0 aromatic heterocycles. The zero-order chi connectivity index (χ0) is 14.8. The second-order valence-corrected chi connectivity index (χ2v) is 5.18. The van der Waals surface area contributed by atoms with Gasteiger partial charge >= 0.3 is 5.97 Å². The molecule has 0 radical (unpaired) electrons. The quantitative estimate of drug-likeness (QED) is 0.733. The molecule has 20 heavy (non-hydrogen) atoms. The first-order valence-corrected chi connectivity index (χ1v) is 6.52. The van der Waals surface area contributed by atoms with Gasteiger partial charge in [0.2, 0.25) is 0 Å². The molecule has 6 heteroatoms. The fourth-order valence-electron chi connectivity index (χ4n) is 2.60. The molecule has 2 rings (SSSR count). The van der Waals surface area contributed by atoms with Gasteiger partial charge in [-0.3, -0.25) is 9.59 Å². The molecule has 0 saturated heterocycles. The van der Waals surface area contributed by atoms with E-state index < -0.39 is 23.1 Å². The molecule has 0 bridgehead atoms. The number of carboxylic acid groups (broad SMARTS) is 1.